The molecule has 4 nitrogen and oxygen atoms in total. The van der Waals surface area contributed by atoms with E-state index in [0.29, 0.717) is 30.2 Å². The van der Waals surface area contributed by atoms with Crippen LogP contribution in [0.5, 0.6) is 0 Å². The number of nitrogen functional groups attached to an aromatic ring is 1. The maximum absolute atomic E-state index is 12.0. The number of hydrogen-bond acceptors (Lipinski definition) is 3. The first kappa shape index (κ1) is 17.7. The van der Waals surface area contributed by atoms with Crippen molar-refractivity contribution >= 4 is 28.1 Å². The van der Waals surface area contributed by atoms with Gasteiger partial charge in [0.2, 0.25) is 5.91 Å². The van der Waals surface area contributed by atoms with Crippen LogP contribution in [-0.2, 0) is 15.6 Å². The van der Waals surface area contributed by atoms with Gasteiger partial charge in [-0.1, -0.05) is 26.8 Å². The zero-order chi connectivity index (χ0) is 16.0. The van der Waals surface area contributed by atoms with Gasteiger partial charge in [0.25, 0.3) is 0 Å². The molecule has 2 unspecified atom stereocenters. The summed E-state index contributed by atoms with van der Waals surface area (Å²) >= 11 is 0. The van der Waals surface area contributed by atoms with E-state index < -0.39 is 10.8 Å². The summed E-state index contributed by atoms with van der Waals surface area (Å²) in [6.45, 7) is 8.01. The highest BCUT2D eigenvalue weighted by atomic mass is 32.2. The Balaban J connectivity index is 2.42. The maximum atomic E-state index is 12.0. The molecule has 21 heavy (non-hydrogen) atoms. The van der Waals surface area contributed by atoms with Gasteiger partial charge in [-0.15, -0.1) is 0 Å². The van der Waals surface area contributed by atoms with Gasteiger partial charge in [0.15, 0.2) is 0 Å². The maximum Gasteiger partial charge on any atom is 0.224 e. The van der Waals surface area contributed by atoms with Gasteiger partial charge in [-0.3, -0.25) is 9.00 Å². The van der Waals surface area contributed by atoms with Crippen molar-refractivity contribution in [3.63, 3.8) is 0 Å². The number of nitrogens with one attached hydrogen (secondary N) is 1. The largest absolute Gasteiger partial charge is 0.398 e. The summed E-state index contributed by atoms with van der Waals surface area (Å²) in [7, 11) is -0.866. The minimum atomic E-state index is -0.866. The highest BCUT2D eigenvalue weighted by Crippen LogP contribution is 2.20. The van der Waals surface area contributed by atoms with Crippen molar-refractivity contribution in [3.05, 3.63) is 23.8 Å². The molecule has 0 aliphatic carbocycles. The van der Waals surface area contributed by atoms with Crippen molar-refractivity contribution in [1.82, 2.24) is 0 Å². The van der Waals surface area contributed by atoms with Crippen LogP contribution >= 0.6 is 0 Å². The topological polar surface area (TPSA) is 72.2 Å². The van der Waals surface area contributed by atoms with E-state index in [4.69, 9.17) is 5.73 Å². The molecule has 0 bridgehead atoms. The van der Waals surface area contributed by atoms with Gasteiger partial charge in [0.1, 0.15) is 0 Å². The van der Waals surface area contributed by atoms with Gasteiger partial charge in [-0.25, -0.2) is 0 Å². The van der Waals surface area contributed by atoms with E-state index in [-0.39, 0.29) is 11.2 Å². The summed E-state index contributed by atoms with van der Waals surface area (Å²) in [6.07, 6.45) is 1.02. The second-order valence-corrected chi connectivity index (χ2v) is 7.62. The van der Waals surface area contributed by atoms with Crippen LogP contribution in [-0.4, -0.2) is 21.1 Å². The molecule has 3 N–H and O–H groups in total. The summed E-state index contributed by atoms with van der Waals surface area (Å²) in [6, 6.07) is 5.46. The van der Waals surface area contributed by atoms with E-state index >= 15 is 0 Å². The molecule has 0 aromatic heterocycles. The highest BCUT2D eigenvalue weighted by molar-refractivity contribution is 7.85. The van der Waals surface area contributed by atoms with Gasteiger partial charge >= 0.3 is 0 Å². The van der Waals surface area contributed by atoms with Crippen LogP contribution in [0.3, 0.4) is 0 Å². The molecule has 5 heteroatoms. The Kier molecular flexibility index (Phi) is 6.89. The third-order valence-corrected chi connectivity index (χ3v) is 5.82. The quantitative estimate of drug-likeness (QED) is 0.760. The molecule has 1 rings (SSSR count). The van der Waals surface area contributed by atoms with Gasteiger partial charge in [0.05, 0.1) is 0 Å². The Morgan fingerprint density at radius 2 is 2.00 bits per heavy atom. The Morgan fingerprint density at radius 3 is 2.62 bits per heavy atom. The van der Waals surface area contributed by atoms with Crippen molar-refractivity contribution in [3.8, 4) is 0 Å². The smallest absolute Gasteiger partial charge is 0.224 e. The first-order valence-electron chi connectivity index (χ1n) is 7.35. The average Bonchev–Trinajstić information content (AvgIpc) is 2.42. The molecular formula is C16H26N2O2S. The number of carbonyl (C=O) groups excluding carboxylic acids is 1. The predicted octanol–water partition coefficient (Wildman–Crippen LogP) is 3.09. The first-order chi connectivity index (χ1) is 9.82. The van der Waals surface area contributed by atoms with E-state index in [1.807, 2.05) is 26.0 Å². The van der Waals surface area contributed by atoms with Crippen LogP contribution in [0.25, 0.3) is 0 Å². The molecular weight excluding hydrogens is 284 g/mol. The second-order valence-electron chi connectivity index (χ2n) is 5.71. The summed E-state index contributed by atoms with van der Waals surface area (Å²) in [5.41, 5.74) is 8.10. The van der Waals surface area contributed by atoms with E-state index in [1.165, 1.54) is 0 Å². The van der Waals surface area contributed by atoms with E-state index in [2.05, 4.69) is 19.2 Å². The van der Waals surface area contributed by atoms with Gasteiger partial charge in [-0.05, 0) is 37.0 Å². The van der Waals surface area contributed by atoms with Crippen molar-refractivity contribution in [2.24, 2.45) is 5.92 Å². The predicted molar refractivity (Wildman–Crippen MR) is 90.8 cm³/mol. The average molecular weight is 310 g/mol. The van der Waals surface area contributed by atoms with Crippen molar-refractivity contribution in [2.45, 2.75) is 45.8 Å². The molecule has 0 spiro atoms. The minimum Gasteiger partial charge on any atom is -0.398 e. The van der Waals surface area contributed by atoms with Crippen LogP contribution < -0.4 is 11.1 Å². The van der Waals surface area contributed by atoms with E-state index in [1.54, 1.807) is 6.07 Å². The molecule has 0 radical (unpaired) electrons. The van der Waals surface area contributed by atoms with Crippen LogP contribution in [0.4, 0.5) is 11.4 Å². The van der Waals surface area contributed by atoms with Crippen molar-refractivity contribution < 1.29 is 9.00 Å². The number of benzene rings is 1. The third-order valence-electron chi connectivity index (χ3n) is 3.75. The zero-order valence-electron chi connectivity index (χ0n) is 13.3. The summed E-state index contributed by atoms with van der Waals surface area (Å²) in [5.74, 6) is 0.912. The lowest BCUT2D eigenvalue weighted by Crippen LogP contribution is -2.21. The van der Waals surface area contributed by atoms with E-state index in [0.717, 1.165) is 11.3 Å². The number of hydrogen-bond donors (Lipinski definition) is 2. The molecule has 0 fully saturated rings. The number of amides is 1. The fourth-order valence-electron chi connectivity index (χ4n) is 1.87. The lowest BCUT2D eigenvalue weighted by molar-refractivity contribution is -0.116. The fraction of sp³-hybridized carbons (Fsp3) is 0.562. The Bertz CT molecular complexity index is 515. The molecule has 1 aromatic carbocycles. The van der Waals surface area contributed by atoms with E-state index in [9.17, 15) is 9.00 Å². The fourth-order valence-corrected chi connectivity index (χ4v) is 3.27. The number of nitrogens with two attached hydrogens (primary N) is 1. The van der Waals surface area contributed by atoms with Crippen LogP contribution in [0.2, 0.25) is 0 Å². The Hall–Kier alpha value is -1.36. The molecule has 0 saturated carbocycles. The molecule has 118 valence electrons. The van der Waals surface area contributed by atoms with Crippen LogP contribution in [0.15, 0.2) is 18.2 Å². The molecule has 1 amide bonds. The Labute approximate surface area is 130 Å². The number of anilines is 2. The summed E-state index contributed by atoms with van der Waals surface area (Å²) in [5, 5.41) is 3.03. The number of carbonyl (C=O) groups is 1. The van der Waals surface area contributed by atoms with Gasteiger partial charge < -0.3 is 11.1 Å². The highest BCUT2D eigenvalue weighted by Gasteiger charge is 2.15. The molecule has 0 saturated heterocycles. The number of rotatable bonds is 7. The first-order valence-corrected chi connectivity index (χ1v) is 8.73. The molecule has 0 heterocycles. The Morgan fingerprint density at radius 1 is 1.33 bits per heavy atom. The minimum absolute atomic E-state index is 0.0575. The van der Waals surface area contributed by atoms with Crippen molar-refractivity contribution in [2.75, 3.05) is 16.8 Å². The third kappa shape index (κ3) is 5.50. The normalized spacial score (nSPS) is 14.0. The second kappa shape index (κ2) is 8.17. The van der Waals surface area contributed by atoms with Crippen LogP contribution in [0.1, 0.15) is 39.2 Å². The molecule has 1 aromatic rings. The standard InChI is InChI=1S/C16H26N2O2S/c1-11(2)13(4)21(20)10-6-9-16(19)18-15-8-5-7-14(17)12(15)3/h5,7-8,11,13H,6,9-10,17H2,1-4H3,(H,18,19). The van der Waals surface area contributed by atoms with Gasteiger partial charge in [-0.2, -0.15) is 0 Å². The monoisotopic (exact) mass is 310 g/mol. The summed E-state index contributed by atoms with van der Waals surface area (Å²) in [4.78, 5) is 11.9. The molecule has 2 atom stereocenters. The van der Waals surface area contributed by atoms with Gasteiger partial charge in [0, 0.05) is 39.6 Å². The SMILES string of the molecule is Cc1c(N)cccc1NC(=O)CCCS(=O)C(C)C(C)C. The summed E-state index contributed by atoms with van der Waals surface area (Å²) < 4.78 is 12.0. The zero-order valence-corrected chi connectivity index (χ0v) is 14.1. The molecule has 0 aliphatic rings. The van der Waals surface area contributed by atoms with Crippen LogP contribution in [0, 0.1) is 12.8 Å². The lowest BCUT2D eigenvalue weighted by Gasteiger charge is -2.15. The molecule has 0 aliphatic heterocycles. The lowest BCUT2D eigenvalue weighted by atomic mass is 10.1. The van der Waals surface area contributed by atoms with Crippen molar-refractivity contribution in [1.29, 1.82) is 0 Å².